The highest BCUT2D eigenvalue weighted by Crippen LogP contribution is 2.42. The van der Waals surface area contributed by atoms with Gasteiger partial charge in [-0.15, -0.1) is 0 Å². The Morgan fingerprint density at radius 2 is 1.73 bits per heavy atom. The maximum atomic E-state index is 3.38. The number of rotatable bonds is 7. The molecule has 0 aromatic rings. The molecule has 2 fully saturated rings. The quantitative estimate of drug-likeness (QED) is 0.524. The lowest BCUT2D eigenvalue weighted by molar-refractivity contribution is 0.130. The topological polar surface area (TPSA) is 12.0 Å². The van der Waals surface area contributed by atoms with Crippen LogP contribution in [0.4, 0.5) is 0 Å². The van der Waals surface area contributed by atoms with Crippen LogP contribution in [-0.2, 0) is 0 Å². The molecule has 1 heterocycles. The first-order chi connectivity index (χ1) is 10.4. The summed E-state index contributed by atoms with van der Waals surface area (Å²) in [5, 5.41) is 3.38. The normalized spacial score (nSPS) is 28.5. The molecule has 1 N–H and O–H groups in total. The van der Waals surface area contributed by atoms with Gasteiger partial charge in [0.2, 0.25) is 0 Å². The lowest BCUT2D eigenvalue weighted by Crippen LogP contribution is -2.30. The average molecular weight is 310 g/mol. The summed E-state index contributed by atoms with van der Waals surface area (Å²) in [6, 6.07) is 0.786. The molecule has 1 heteroatoms. The van der Waals surface area contributed by atoms with E-state index in [0.29, 0.717) is 5.41 Å². The van der Waals surface area contributed by atoms with Gasteiger partial charge in [-0.05, 0) is 69.2 Å². The van der Waals surface area contributed by atoms with Crippen LogP contribution in [-0.4, -0.2) is 12.6 Å². The highest BCUT2D eigenvalue weighted by Gasteiger charge is 2.30. The van der Waals surface area contributed by atoms with Crippen molar-refractivity contribution in [3.8, 4) is 0 Å². The predicted octanol–water partition coefficient (Wildman–Crippen LogP) is 6.57. The molecule has 0 radical (unpaired) electrons. The zero-order valence-corrected chi connectivity index (χ0v) is 16.2. The van der Waals surface area contributed by atoms with Crippen molar-refractivity contribution in [3.63, 3.8) is 0 Å². The molecule has 132 valence electrons. The smallest absolute Gasteiger partial charge is 0.00387 e. The SMILES string of the molecule is CC1CCCCN1.CCCCCCC(C)(C)CC1CC(C)C1. The number of nitrogens with one attached hydrogen (secondary N) is 1. The second-order valence-corrected chi connectivity index (χ2v) is 8.97. The fraction of sp³-hybridized carbons (Fsp3) is 1.00. The molecule has 1 aliphatic carbocycles. The first-order valence-corrected chi connectivity index (χ1v) is 10.2. The van der Waals surface area contributed by atoms with Gasteiger partial charge < -0.3 is 5.32 Å². The number of unbranched alkanes of at least 4 members (excludes halogenated alkanes) is 3. The Balaban J connectivity index is 0.000000287. The maximum Gasteiger partial charge on any atom is 0.00387 e. The predicted molar refractivity (Wildman–Crippen MR) is 100 cm³/mol. The summed E-state index contributed by atoms with van der Waals surface area (Å²) in [5.74, 6) is 2.08. The van der Waals surface area contributed by atoms with Gasteiger partial charge in [0.15, 0.2) is 0 Å². The van der Waals surface area contributed by atoms with E-state index in [1.54, 1.807) is 0 Å². The van der Waals surface area contributed by atoms with Gasteiger partial charge in [0.1, 0.15) is 0 Å². The zero-order chi connectivity index (χ0) is 16.4. The van der Waals surface area contributed by atoms with Crippen LogP contribution < -0.4 is 5.32 Å². The molecule has 1 atom stereocenters. The van der Waals surface area contributed by atoms with Gasteiger partial charge in [0, 0.05) is 6.04 Å². The van der Waals surface area contributed by atoms with E-state index < -0.39 is 0 Å². The summed E-state index contributed by atoms with van der Waals surface area (Å²) in [6.45, 7) is 13.1. The average Bonchev–Trinajstić information content (AvgIpc) is 2.43. The number of hydrogen-bond acceptors (Lipinski definition) is 1. The third-order valence-electron chi connectivity index (χ3n) is 5.58. The van der Waals surface area contributed by atoms with Crippen LogP contribution in [0, 0.1) is 17.3 Å². The van der Waals surface area contributed by atoms with Crippen LogP contribution >= 0.6 is 0 Å². The summed E-state index contributed by atoms with van der Waals surface area (Å²) in [6.07, 6.45) is 15.8. The minimum Gasteiger partial charge on any atom is -0.314 e. The van der Waals surface area contributed by atoms with E-state index in [2.05, 4.69) is 39.9 Å². The van der Waals surface area contributed by atoms with Crippen molar-refractivity contribution in [2.45, 2.75) is 111 Å². The molecule has 1 aliphatic heterocycles. The van der Waals surface area contributed by atoms with Gasteiger partial charge in [0.05, 0.1) is 0 Å². The lowest BCUT2D eigenvalue weighted by atomic mass is 9.67. The molecule has 0 spiro atoms. The minimum absolute atomic E-state index is 0.610. The molecule has 2 rings (SSSR count). The van der Waals surface area contributed by atoms with E-state index in [4.69, 9.17) is 0 Å². The molecule has 0 aromatic carbocycles. The fourth-order valence-corrected chi connectivity index (χ4v) is 4.18. The molecule has 0 amide bonds. The van der Waals surface area contributed by atoms with Crippen molar-refractivity contribution < 1.29 is 0 Å². The van der Waals surface area contributed by atoms with E-state index in [-0.39, 0.29) is 0 Å². The molecular weight excluding hydrogens is 266 g/mol. The van der Waals surface area contributed by atoms with Crippen LogP contribution in [0.25, 0.3) is 0 Å². The van der Waals surface area contributed by atoms with Crippen molar-refractivity contribution in [3.05, 3.63) is 0 Å². The summed E-state index contributed by atoms with van der Waals surface area (Å²) in [4.78, 5) is 0. The van der Waals surface area contributed by atoms with Gasteiger partial charge in [-0.1, -0.05) is 59.8 Å². The zero-order valence-electron chi connectivity index (χ0n) is 16.2. The molecule has 1 nitrogen and oxygen atoms in total. The van der Waals surface area contributed by atoms with Crippen LogP contribution in [0.5, 0.6) is 0 Å². The number of hydrogen-bond donors (Lipinski definition) is 1. The van der Waals surface area contributed by atoms with E-state index in [1.165, 1.54) is 77.2 Å². The van der Waals surface area contributed by atoms with Crippen molar-refractivity contribution in [1.29, 1.82) is 0 Å². The Morgan fingerprint density at radius 1 is 1.00 bits per heavy atom. The fourth-order valence-electron chi connectivity index (χ4n) is 4.18. The monoisotopic (exact) mass is 309 g/mol. The Bertz CT molecular complexity index is 259. The van der Waals surface area contributed by atoms with E-state index in [0.717, 1.165) is 17.9 Å². The van der Waals surface area contributed by atoms with E-state index in [1.807, 2.05) is 0 Å². The first kappa shape index (κ1) is 20.0. The molecule has 1 saturated heterocycles. The number of piperidine rings is 1. The van der Waals surface area contributed by atoms with Crippen LogP contribution in [0.3, 0.4) is 0 Å². The molecule has 2 aliphatic rings. The van der Waals surface area contributed by atoms with Gasteiger partial charge >= 0.3 is 0 Å². The highest BCUT2D eigenvalue weighted by atomic mass is 14.9. The third kappa shape index (κ3) is 9.18. The van der Waals surface area contributed by atoms with Crippen molar-refractivity contribution in [1.82, 2.24) is 5.32 Å². The van der Waals surface area contributed by atoms with Crippen LogP contribution in [0.2, 0.25) is 0 Å². The third-order valence-corrected chi connectivity index (χ3v) is 5.58. The second-order valence-electron chi connectivity index (χ2n) is 8.97. The standard InChI is InChI=1S/C15H30.C6H13N/c1-5-6-7-8-9-15(3,4)12-14-10-13(2)11-14;1-6-4-2-3-5-7-6/h13-14H,5-12H2,1-4H3;6-7H,2-5H2,1H3. The van der Waals surface area contributed by atoms with E-state index >= 15 is 0 Å². The van der Waals surface area contributed by atoms with Gasteiger partial charge in [-0.3, -0.25) is 0 Å². The van der Waals surface area contributed by atoms with E-state index in [9.17, 15) is 0 Å². The Hall–Kier alpha value is -0.0400. The second kappa shape index (κ2) is 10.7. The maximum absolute atomic E-state index is 3.38. The minimum atomic E-state index is 0.610. The summed E-state index contributed by atoms with van der Waals surface area (Å²) < 4.78 is 0. The van der Waals surface area contributed by atoms with Crippen LogP contribution in [0.1, 0.15) is 105 Å². The molecule has 22 heavy (non-hydrogen) atoms. The molecular formula is C21H43N. The van der Waals surface area contributed by atoms with Gasteiger partial charge in [0.25, 0.3) is 0 Å². The van der Waals surface area contributed by atoms with Crippen molar-refractivity contribution in [2.75, 3.05) is 6.54 Å². The van der Waals surface area contributed by atoms with Crippen LogP contribution in [0.15, 0.2) is 0 Å². The molecule has 1 saturated carbocycles. The van der Waals surface area contributed by atoms with Crippen molar-refractivity contribution in [2.24, 2.45) is 17.3 Å². The van der Waals surface area contributed by atoms with Crippen molar-refractivity contribution >= 4 is 0 Å². The lowest BCUT2D eigenvalue weighted by Gasteiger charge is -2.38. The summed E-state index contributed by atoms with van der Waals surface area (Å²) in [7, 11) is 0. The molecule has 0 aromatic heterocycles. The van der Waals surface area contributed by atoms with Gasteiger partial charge in [-0.2, -0.15) is 0 Å². The van der Waals surface area contributed by atoms with Gasteiger partial charge in [-0.25, -0.2) is 0 Å². The molecule has 0 bridgehead atoms. The first-order valence-electron chi connectivity index (χ1n) is 10.2. The highest BCUT2D eigenvalue weighted by molar-refractivity contribution is 4.82. The Morgan fingerprint density at radius 3 is 2.18 bits per heavy atom. The Labute approximate surface area is 141 Å². The Kier molecular flexibility index (Phi) is 9.71. The summed E-state index contributed by atoms with van der Waals surface area (Å²) in [5.41, 5.74) is 0.610. The summed E-state index contributed by atoms with van der Waals surface area (Å²) >= 11 is 0. The molecule has 1 unspecified atom stereocenters. The largest absolute Gasteiger partial charge is 0.314 e.